The summed E-state index contributed by atoms with van der Waals surface area (Å²) in [5, 5.41) is 2.34. The molecule has 2 atom stereocenters. The predicted octanol–water partition coefficient (Wildman–Crippen LogP) is 3.42. The maximum atomic E-state index is 5.94. The fraction of sp³-hybridized carbons (Fsp3) is 0.348. The van der Waals surface area contributed by atoms with Gasteiger partial charge in [0.1, 0.15) is 30.2 Å². The number of benzene rings is 2. The van der Waals surface area contributed by atoms with Gasteiger partial charge in [0.05, 0.1) is 18.5 Å². The van der Waals surface area contributed by atoms with Crippen molar-refractivity contribution in [2.45, 2.75) is 45.9 Å². The van der Waals surface area contributed by atoms with Crippen LogP contribution in [-0.4, -0.2) is 22.3 Å². The number of fused-ring (bicyclic) bond motifs is 1. The monoisotopic (exact) mass is 378 g/mol. The molecule has 3 aromatic rings. The molecule has 5 nitrogen and oxygen atoms in total. The third-order valence-electron chi connectivity index (χ3n) is 5.29. The molecule has 146 valence electrons. The van der Waals surface area contributed by atoms with Crippen molar-refractivity contribution < 1.29 is 14.8 Å². The smallest absolute Gasteiger partial charge is 0.128 e. The van der Waals surface area contributed by atoms with Crippen molar-refractivity contribution >= 4 is 0 Å². The van der Waals surface area contributed by atoms with E-state index in [9.17, 15) is 0 Å². The fourth-order valence-electron chi connectivity index (χ4n) is 3.73. The van der Waals surface area contributed by atoms with Gasteiger partial charge >= 0.3 is 0 Å². The van der Waals surface area contributed by atoms with Crippen LogP contribution >= 0.6 is 0 Å². The van der Waals surface area contributed by atoms with E-state index in [1.165, 1.54) is 16.7 Å². The zero-order chi connectivity index (χ0) is 19.5. The third-order valence-corrected chi connectivity index (χ3v) is 5.29. The van der Waals surface area contributed by atoms with Gasteiger partial charge in [-0.25, -0.2) is 4.98 Å². The Morgan fingerprint density at radius 2 is 2.11 bits per heavy atom. The molecule has 1 aliphatic rings. The Morgan fingerprint density at radius 1 is 1.29 bits per heavy atom. The summed E-state index contributed by atoms with van der Waals surface area (Å²) >= 11 is 0. The molecule has 0 radical (unpaired) electrons. The highest BCUT2D eigenvalue weighted by Gasteiger charge is 2.22. The molecule has 1 aromatic heterocycles. The molecule has 0 fully saturated rings. The third kappa shape index (κ3) is 3.90. The summed E-state index contributed by atoms with van der Waals surface area (Å²) in [5.41, 5.74) is 4.87. The lowest BCUT2D eigenvalue weighted by Crippen LogP contribution is -2.83. The average Bonchev–Trinajstić information content (AvgIpc) is 3.35. The Morgan fingerprint density at radius 3 is 2.82 bits per heavy atom. The molecular weight excluding hydrogens is 350 g/mol. The normalized spacial score (nSPS) is 16.5. The van der Waals surface area contributed by atoms with E-state index in [2.05, 4.69) is 60.5 Å². The van der Waals surface area contributed by atoms with Crippen molar-refractivity contribution in [2.75, 3.05) is 6.61 Å². The second kappa shape index (κ2) is 8.07. The van der Waals surface area contributed by atoms with E-state index < -0.39 is 0 Å². The van der Waals surface area contributed by atoms with Gasteiger partial charge in [-0.15, -0.1) is 0 Å². The summed E-state index contributed by atoms with van der Waals surface area (Å²) < 4.78 is 13.9. The molecule has 0 unspecified atom stereocenters. The Labute approximate surface area is 166 Å². The molecule has 0 bridgehead atoms. The van der Waals surface area contributed by atoms with Crippen molar-refractivity contribution in [3.8, 4) is 17.2 Å². The zero-order valence-electron chi connectivity index (χ0n) is 16.8. The quantitative estimate of drug-likeness (QED) is 0.685. The number of nitrogens with two attached hydrogens (primary N) is 1. The van der Waals surface area contributed by atoms with Crippen LogP contribution in [0.5, 0.6) is 11.5 Å². The standard InChI is InChI=1S/C23H27N3O2/c1-4-27-22-12-19-11-16(2)28-23(19)13-20(22)14-25-17(3)18-5-7-21(8-6-18)26-10-9-24-15-26/h5-10,12-13,15-17,25H,4,11,14H2,1-3H3/p+1/t16-,17-/m0/s1. The Hall–Kier alpha value is -2.79. The van der Waals surface area contributed by atoms with Crippen LogP contribution in [0.2, 0.25) is 0 Å². The molecule has 0 saturated heterocycles. The number of nitrogens with zero attached hydrogens (tertiary/aromatic N) is 2. The van der Waals surface area contributed by atoms with Gasteiger partial charge in [-0.1, -0.05) is 12.1 Å². The molecule has 28 heavy (non-hydrogen) atoms. The van der Waals surface area contributed by atoms with Crippen LogP contribution < -0.4 is 14.8 Å². The number of imidazole rings is 1. The second-order valence-electron chi connectivity index (χ2n) is 7.42. The highest BCUT2D eigenvalue weighted by Crippen LogP contribution is 2.34. The van der Waals surface area contributed by atoms with Gasteiger partial charge in [0.15, 0.2) is 0 Å². The molecule has 5 heteroatoms. The molecule has 2 N–H and O–H groups in total. The SMILES string of the molecule is CCOc1cc2c(cc1C[NH2+][C@@H](C)c1ccc(-n3ccnc3)cc1)O[C@@H](C)C2. The summed E-state index contributed by atoms with van der Waals surface area (Å²) in [6.45, 7) is 7.91. The number of quaternary nitrogens is 1. The maximum absolute atomic E-state index is 5.94. The van der Waals surface area contributed by atoms with Crippen molar-refractivity contribution in [3.05, 3.63) is 71.8 Å². The summed E-state index contributed by atoms with van der Waals surface area (Å²) in [6.07, 6.45) is 6.77. The van der Waals surface area contributed by atoms with E-state index >= 15 is 0 Å². The molecule has 1 aliphatic heterocycles. The zero-order valence-corrected chi connectivity index (χ0v) is 16.8. The predicted molar refractivity (Wildman–Crippen MR) is 109 cm³/mol. The van der Waals surface area contributed by atoms with Gasteiger partial charge in [0, 0.05) is 35.6 Å². The topological polar surface area (TPSA) is 52.9 Å². The van der Waals surface area contributed by atoms with Crippen molar-refractivity contribution in [3.63, 3.8) is 0 Å². The minimum absolute atomic E-state index is 0.247. The van der Waals surface area contributed by atoms with Crippen LogP contribution in [0.4, 0.5) is 0 Å². The summed E-state index contributed by atoms with van der Waals surface area (Å²) in [6, 6.07) is 13.3. The number of aromatic nitrogens is 2. The molecule has 4 rings (SSSR count). The first-order chi connectivity index (χ1) is 13.6. The van der Waals surface area contributed by atoms with Crippen LogP contribution in [0.1, 0.15) is 43.5 Å². The van der Waals surface area contributed by atoms with E-state index in [0.717, 1.165) is 30.2 Å². The number of ether oxygens (including phenoxy) is 2. The highest BCUT2D eigenvalue weighted by atomic mass is 16.5. The van der Waals surface area contributed by atoms with Crippen molar-refractivity contribution in [1.29, 1.82) is 0 Å². The summed E-state index contributed by atoms with van der Waals surface area (Å²) in [4.78, 5) is 4.11. The van der Waals surface area contributed by atoms with Crippen molar-refractivity contribution in [2.24, 2.45) is 0 Å². The van der Waals surface area contributed by atoms with Crippen LogP contribution in [0.25, 0.3) is 5.69 Å². The number of hydrogen-bond donors (Lipinski definition) is 1. The molecule has 0 amide bonds. The minimum Gasteiger partial charge on any atom is -0.493 e. The van der Waals surface area contributed by atoms with Crippen LogP contribution in [-0.2, 0) is 13.0 Å². The van der Waals surface area contributed by atoms with E-state index in [4.69, 9.17) is 9.47 Å². The molecule has 0 spiro atoms. The van der Waals surface area contributed by atoms with Crippen LogP contribution in [0.3, 0.4) is 0 Å². The van der Waals surface area contributed by atoms with E-state index in [1.807, 2.05) is 24.0 Å². The maximum Gasteiger partial charge on any atom is 0.128 e. The lowest BCUT2D eigenvalue weighted by molar-refractivity contribution is -0.708. The largest absolute Gasteiger partial charge is 0.493 e. The lowest BCUT2D eigenvalue weighted by Gasteiger charge is -2.15. The first kappa shape index (κ1) is 18.6. The first-order valence-corrected chi connectivity index (χ1v) is 10.0. The van der Waals surface area contributed by atoms with Gasteiger partial charge in [-0.3, -0.25) is 0 Å². The average molecular weight is 378 g/mol. The minimum atomic E-state index is 0.247. The molecule has 2 aromatic carbocycles. The molecule has 0 saturated carbocycles. The van der Waals surface area contributed by atoms with Gasteiger partial charge < -0.3 is 19.4 Å². The van der Waals surface area contributed by atoms with Gasteiger partial charge in [0.2, 0.25) is 0 Å². The Kier molecular flexibility index (Phi) is 5.35. The lowest BCUT2D eigenvalue weighted by atomic mass is 10.0. The van der Waals surface area contributed by atoms with Gasteiger partial charge in [0.25, 0.3) is 0 Å². The van der Waals surface area contributed by atoms with Gasteiger partial charge in [-0.05, 0) is 45.0 Å². The van der Waals surface area contributed by atoms with Crippen LogP contribution in [0, 0.1) is 0 Å². The second-order valence-corrected chi connectivity index (χ2v) is 7.42. The molecular formula is C23H28N3O2+. The highest BCUT2D eigenvalue weighted by molar-refractivity contribution is 5.48. The first-order valence-electron chi connectivity index (χ1n) is 10.0. The molecule has 2 heterocycles. The van der Waals surface area contributed by atoms with E-state index in [-0.39, 0.29) is 6.10 Å². The Bertz CT molecular complexity index is 920. The van der Waals surface area contributed by atoms with Gasteiger partial charge in [-0.2, -0.15) is 0 Å². The van der Waals surface area contributed by atoms with Crippen LogP contribution in [0.15, 0.2) is 55.1 Å². The van der Waals surface area contributed by atoms with E-state index in [0.29, 0.717) is 12.6 Å². The number of rotatable bonds is 7. The molecule has 0 aliphatic carbocycles. The van der Waals surface area contributed by atoms with Crippen molar-refractivity contribution in [1.82, 2.24) is 9.55 Å². The van der Waals surface area contributed by atoms with E-state index in [1.54, 1.807) is 6.20 Å². The summed E-state index contributed by atoms with van der Waals surface area (Å²) in [7, 11) is 0. The fourth-order valence-corrected chi connectivity index (χ4v) is 3.73. The summed E-state index contributed by atoms with van der Waals surface area (Å²) in [5.74, 6) is 1.99. The Balaban J connectivity index is 1.46. The number of hydrogen-bond acceptors (Lipinski definition) is 3.